The first-order valence-corrected chi connectivity index (χ1v) is 7.71. The topological polar surface area (TPSA) is 44.0 Å². The second-order valence-electron chi connectivity index (χ2n) is 4.94. The molecular formula is C16H16N2O2S. The third-order valence-corrected chi connectivity index (χ3v) is 4.60. The van der Waals surface area contributed by atoms with Crippen molar-refractivity contribution in [1.82, 2.24) is 9.13 Å². The fourth-order valence-corrected chi connectivity index (χ4v) is 3.33. The molecule has 0 amide bonds. The van der Waals surface area contributed by atoms with Gasteiger partial charge in [0.2, 0.25) is 0 Å². The lowest BCUT2D eigenvalue weighted by molar-refractivity contribution is 0.0976. The molecule has 108 valence electrons. The van der Waals surface area contributed by atoms with Gasteiger partial charge in [-0.2, -0.15) is 0 Å². The number of Topliss-reactive ketones (excluding diaryl/α,β-unsaturated/α-hetero) is 1. The molecule has 0 aliphatic rings. The van der Waals surface area contributed by atoms with E-state index in [2.05, 4.69) is 0 Å². The smallest absolute Gasteiger partial charge is 0.292 e. The van der Waals surface area contributed by atoms with Crippen LogP contribution >= 0.6 is 11.3 Å². The largest absolute Gasteiger partial charge is 0.329 e. The summed E-state index contributed by atoms with van der Waals surface area (Å²) in [4.78, 5) is 26.6. The molecule has 2 heterocycles. The number of imidazole rings is 1. The van der Waals surface area contributed by atoms with Crippen molar-refractivity contribution in [1.29, 1.82) is 0 Å². The van der Waals surface area contributed by atoms with Crippen molar-refractivity contribution in [2.45, 2.75) is 26.9 Å². The number of hydrogen-bond donors (Lipinski definition) is 0. The van der Waals surface area contributed by atoms with Crippen LogP contribution in [0.25, 0.3) is 11.0 Å². The standard InChI is InChI=1S/C16H16N2O2S/c1-3-17-12-6-4-5-7-13(12)18(16(17)20)10-14(19)15-9-8-11(2)21-15/h4-9H,3,10H2,1-2H3. The number of aromatic nitrogens is 2. The lowest BCUT2D eigenvalue weighted by Crippen LogP contribution is -2.26. The number of nitrogens with zero attached hydrogens (tertiary/aromatic N) is 2. The lowest BCUT2D eigenvalue weighted by atomic mass is 10.3. The zero-order valence-corrected chi connectivity index (χ0v) is 12.8. The number of rotatable bonds is 4. The van der Waals surface area contributed by atoms with Crippen molar-refractivity contribution in [3.05, 3.63) is 56.6 Å². The average Bonchev–Trinajstić information content (AvgIpc) is 3.02. The van der Waals surface area contributed by atoms with E-state index in [4.69, 9.17) is 0 Å². The molecule has 4 nitrogen and oxygen atoms in total. The minimum atomic E-state index is -0.125. The Morgan fingerprint density at radius 3 is 2.33 bits per heavy atom. The second-order valence-corrected chi connectivity index (χ2v) is 6.22. The Morgan fingerprint density at radius 1 is 1.10 bits per heavy atom. The molecule has 3 rings (SSSR count). The van der Waals surface area contributed by atoms with Crippen LogP contribution in [0.15, 0.2) is 41.2 Å². The Bertz CT molecular complexity index is 870. The van der Waals surface area contributed by atoms with Gasteiger partial charge in [-0.15, -0.1) is 11.3 Å². The molecule has 0 aliphatic heterocycles. The van der Waals surface area contributed by atoms with Crippen molar-refractivity contribution in [3.8, 4) is 0 Å². The van der Waals surface area contributed by atoms with E-state index in [-0.39, 0.29) is 18.0 Å². The van der Waals surface area contributed by atoms with E-state index in [1.54, 1.807) is 9.13 Å². The summed E-state index contributed by atoms with van der Waals surface area (Å²) >= 11 is 1.47. The van der Waals surface area contributed by atoms with Crippen molar-refractivity contribution in [3.63, 3.8) is 0 Å². The van der Waals surface area contributed by atoms with Gasteiger partial charge in [-0.1, -0.05) is 12.1 Å². The van der Waals surface area contributed by atoms with Gasteiger partial charge in [-0.05, 0) is 38.1 Å². The maximum absolute atomic E-state index is 12.5. The van der Waals surface area contributed by atoms with Crippen LogP contribution in [-0.2, 0) is 13.1 Å². The first kappa shape index (κ1) is 13.8. The van der Waals surface area contributed by atoms with E-state index in [0.29, 0.717) is 11.4 Å². The van der Waals surface area contributed by atoms with Crippen molar-refractivity contribution in [2.75, 3.05) is 0 Å². The molecule has 0 N–H and O–H groups in total. The molecule has 2 aromatic heterocycles. The highest BCUT2D eigenvalue weighted by atomic mass is 32.1. The van der Waals surface area contributed by atoms with Gasteiger partial charge in [0, 0.05) is 11.4 Å². The summed E-state index contributed by atoms with van der Waals surface area (Å²) in [7, 11) is 0. The highest BCUT2D eigenvalue weighted by molar-refractivity contribution is 7.14. The predicted molar refractivity (Wildman–Crippen MR) is 85.3 cm³/mol. The predicted octanol–water partition coefficient (Wildman–Crippen LogP) is 3.08. The zero-order chi connectivity index (χ0) is 15.0. The fraction of sp³-hybridized carbons (Fsp3) is 0.250. The third kappa shape index (κ3) is 2.34. The van der Waals surface area contributed by atoms with Crippen LogP contribution in [0.2, 0.25) is 0 Å². The molecule has 21 heavy (non-hydrogen) atoms. The quantitative estimate of drug-likeness (QED) is 0.695. The normalized spacial score (nSPS) is 11.1. The first-order valence-electron chi connectivity index (χ1n) is 6.89. The van der Waals surface area contributed by atoms with Gasteiger partial charge in [0.05, 0.1) is 22.5 Å². The second kappa shape index (κ2) is 5.33. The van der Waals surface area contributed by atoms with Gasteiger partial charge in [0.1, 0.15) is 0 Å². The number of carbonyl (C=O) groups is 1. The van der Waals surface area contributed by atoms with E-state index in [1.807, 2.05) is 50.2 Å². The van der Waals surface area contributed by atoms with Gasteiger partial charge in [-0.25, -0.2) is 4.79 Å². The molecule has 0 saturated carbocycles. The van der Waals surface area contributed by atoms with Crippen molar-refractivity contribution >= 4 is 28.2 Å². The van der Waals surface area contributed by atoms with Gasteiger partial charge in [0.15, 0.2) is 5.78 Å². The fourth-order valence-electron chi connectivity index (χ4n) is 2.54. The van der Waals surface area contributed by atoms with Crippen LogP contribution in [0.3, 0.4) is 0 Å². The van der Waals surface area contributed by atoms with Crippen LogP contribution in [0.1, 0.15) is 21.5 Å². The maximum atomic E-state index is 12.5. The molecule has 0 aliphatic carbocycles. The SMILES string of the molecule is CCn1c(=O)n(CC(=O)c2ccc(C)s2)c2ccccc21. The number of ketones is 1. The number of carbonyl (C=O) groups excluding carboxylic acids is 1. The van der Waals surface area contributed by atoms with Crippen molar-refractivity contribution in [2.24, 2.45) is 0 Å². The maximum Gasteiger partial charge on any atom is 0.329 e. The number of para-hydroxylation sites is 2. The highest BCUT2D eigenvalue weighted by Crippen LogP contribution is 2.18. The molecule has 0 bridgehead atoms. The Balaban J connectivity index is 2.07. The van der Waals surface area contributed by atoms with E-state index in [1.165, 1.54) is 11.3 Å². The Labute approximate surface area is 126 Å². The molecule has 0 spiro atoms. The number of fused-ring (bicyclic) bond motifs is 1. The van der Waals surface area contributed by atoms with Crippen LogP contribution < -0.4 is 5.69 Å². The minimum absolute atomic E-state index is 0.0193. The Hall–Kier alpha value is -2.14. The first-order chi connectivity index (χ1) is 10.1. The lowest BCUT2D eigenvalue weighted by Gasteiger charge is -2.01. The van der Waals surface area contributed by atoms with Gasteiger partial charge in [0.25, 0.3) is 0 Å². The minimum Gasteiger partial charge on any atom is -0.292 e. The molecule has 0 saturated heterocycles. The summed E-state index contributed by atoms with van der Waals surface area (Å²) in [6.07, 6.45) is 0. The molecule has 0 atom stereocenters. The number of aryl methyl sites for hydroxylation is 2. The number of thiophene rings is 1. The Kier molecular flexibility index (Phi) is 3.51. The molecule has 0 fully saturated rings. The summed E-state index contributed by atoms with van der Waals surface area (Å²) in [5, 5.41) is 0. The zero-order valence-electron chi connectivity index (χ0n) is 12.0. The summed E-state index contributed by atoms with van der Waals surface area (Å²) in [6, 6.07) is 11.3. The summed E-state index contributed by atoms with van der Waals surface area (Å²) in [6.45, 7) is 4.59. The van der Waals surface area contributed by atoms with Crippen LogP contribution in [0.4, 0.5) is 0 Å². The van der Waals surface area contributed by atoms with Crippen LogP contribution in [-0.4, -0.2) is 14.9 Å². The van der Waals surface area contributed by atoms with E-state index in [9.17, 15) is 9.59 Å². The molecule has 5 heteroatoms. The average molecular weight is 300 g/mol. The molecular weight excluding hydrogens is 284 g/mol. The molecule has 0 unspecified atom stereocenters. The van der Waals surface area contributed by atoms with E-state index in [0.717, 1.165) is 15.9 Å². The molecule has 0 radical (unpaired) electrons. The van der Waals surface area contributed by atoms with Gasteiger partial charge in [-0.3, -0.25) is 13.9 Å². The van der Waals surface area contributed by atoms with E-state index >= 15 is 0 Å². The monoisotopic (exact) mass is 300 g/mol. The Morgan fingerprint density at radius 2 is 1.76 bits per heavy atom. The number of hydrogen-bond acceptors (Lipinski definition) is 3. The van der Waals surface area contributed by atoms with Gasteiger partial charge >= 0.3 is 5.69 Å². The summed E-state index contributed by atoms with van der Waals surface area (Å²) in [5.74, 6) is -0.0193. The molecule has 1 aromatic carbocycles. The third-order valence-electron chi connectivity index (χ3n) is 3.56. The number of benzene rings is 1. The van der Waals surface area contributed by atoms with Crippen LogP contribution in [0, 0.1) is 6.92 Å². The van der Waals surface area contributed by atoms with Gasteiger partial charge < -0.3 is 0 Å². The van der Waals surface area contributed by atoms with Crippen molar-refractivity contribution < 1.29 is 4.79 Å². The summed E-state index contributed by atoms with van der Waals surface area (Å²) in [5.41, 5.74) is 1.56. The molecule has 3 aromatic rings. The van der Waals surface area contributed by atoms with Crippen LogP contribution in [0.5, 0.6) is 0 Å². The van der Waals surface area contributed by atoms with E-state index < -0.39 is 0 Å². The highest BCUT2D eigenvalue weighted by Gasteiger charge is 2.16. The summed E-state index contributed by atoms with van der Waals surface area (Å²) < 4.78 is 3.26.